The van der Waals surface area contributed by atoms with Crippen molar-refractivity contribution in [3.05, 3.63) is 94.8 Å². The van der Waals surface area contributed by atoms with E-state index in [1.54, 1.807) is 0 Å². The van der Waals surface area contributed by atoms with Crippen molar-refractivity contribution in [1.29, 1.82) is 5.41 Å². The normalized spacial score (nSPS) is 17.4. The molecule has 2 aliphatic carbocycles. The number of hydrogen-bond donors (Lipinski definition) is 2. The molecule has 2 fully saturated rings. The van der Waals surface area contributed by atoms with E-state index in [2.05, 4.69) is 69.6 Å². The maximum absolute atomic E-state index is 14.4. The molecule has 3 aromatic rings. The number of nitrogens with one attached hydrogen (secondary N) is 2. The van der Waals surface area contributed by atoms with E-state index in [0.29, 0.717) is 29.5 Å². The average Bonchev–Trinajstić information content (AvgIpc) is 3.39. The molecule has 1 atom stereocenters. The van der Waals surface area contributed by atoms with E-state index < -0.39 is 5.97 Å². The van der Waals surface area contributed by atoms with Crippen LogP contribution in [0.5, 0.6) is 0 Å². The van der Waals surface area contributed by atoms with Gasteiger partial charge < -0.3 is 5.09 Å². The Morgan fingerprint density at radius 3 is 2.26 bits per heavy atom. The van der Waals surface area contributed by atoms with Crippen LogP contribution >= 0.6 is 28.4 Å². The number of nitrogens with zero attached hydrogens (tertiary/aromatic N) is 1. The van der Waals surface area contributed by atoms with Gasteiger partial charge >= 0.3 is 0 Å². The summed E-state index contributed by atoms with van der Waals surface area (Å²) in [5, 5.41) is 11.0. The SMILES string of the molecule is N=C(F)c1cc(/C(=C(/c2ccccc2)C2CCC2)c2ccc(C3CCCC3)nc2)ccc1NPI. The molecular weight excluding hydrogens is 567 g/mol. The molecule has 0 amide bonds. The molecule has 0 aliphatic heterocycles. The Hall–Kier alpha value is -2.11. The molecule has 1 unspecified atom stereocenters. The van der Waals surface area contributed by atoms with Gasteiger partial charge in [-0.1, -0.05) is 61.7 Å². The zero-order valence-corrected chi connectivity index (χ0v) is 22.8. The van der Waals surface area contributed by atoms with Crippen molar-refractivity contribution in [3.8, 4) is 0 Å². The van der Waals surface area contributed by atoms with Gasteiger partial charge in [-0.3, -0.25) is 10.4 Å². The molecule has 5 rings (SSSR count). The van der Waals surface area contributed by atoms with E-state index in [1.165, 1.54) is 48.9 Å². The second-order valence-electron chi connectivity index (χ2n) is 9.53. The summed E-state index contributed by atoms with van der Waals surface area (Å²) in [6.45, 7) is 0. The predicted octanol–water partition coefficient (Wildman–Crippen LogP) is 9.15. The fourth-order valence-corrected chi connectivity index (χ4v) is 6.63. The molecule has 2 saturated carbocycles. The molecule has 35 heavy (non-hydrogen) atoms. The smallest absolute Gasteiger partial charge is 0.214 e. The van der Waals surface area contributed by atoms with E-state index in [-0.39, 0.29) is 0 Å². The number of aromatic nitrogens is 1. The Labute approximate surface area is 221 Å². The lowest BCUT2D eigenvalue weighted by molar-refractivity contribution is 0.401. The van der Waals surface area contributed by atoms with Gasteiger partial charge in [0.15, 0.2) is 0 Å². The second-order valence-corrected chi connectivity index (χ2v) is 11.6. The van der Waals surface area contributed by atoms with E-state index in [0.717, 1.165) is 29.5 Å². The van der Waals surface area contributed by atoms with Crippen molar-refractivity contribution in [3.63, 3.8) is 0 Å². The highest BCUT2D eigenvalue weighted by molar-refractivity contribution is 14.2. The van der Waals surface area contributed by atoms with Crippen LogP contribution in [-0.4, -0.2) is 10.9 Å². The van der Waals surface area contributed by atoms with Gasteiger partial charge in [0.25, 0.3) is 0 Å². The highest BCUT2D eigenvalue weighted by Crippen LogP contribution is 2.45. The van der Waals surface area contributed by atoms with Crippen molar-refractivity contribution < 1.29 is 4.39 Å². The van der Waals surface area contributed by atoms with Crippen LogP contribution in [0.25, 0.3) is 11.1 Å². The summed E-state index contributed by atoms with van der Waals surface area (Å²) in [7, 11) is 0. The number of benzene rings is 2. The highest BCUT2D eigenvalue weighted by Gasteiger charge is 2.28. The van der Waals surface area contributed by atoms with Crippen LogP contribution in [0.4, 0.5) is 10.1 Å². The number of halogens is 2. The van der Waals surface area contributed by atoms with Gasteiger partial charge in [0.1, 0.15) is 0 Å². The molecule has 180 valence electrons. The second kappa shape index (κ2) is 11.3. The minimum atomic E-state index is -0.914. The topological polar surface area (TPSA) is 48.8 Å². The third kappa shape index (κ3) is 5.36. The average molecular weight is 597 g/mol. The Kier molecular flexibility index (Phi) is 7.94. The molecule has 0 saturated heterocycles. The Morgan fingerprint density at radius 2 is 1.66 bits per heavy atom. The summed E-state index contributed by atoms with van der Waals surface area (Å²) < 4.78 is 14.4. The third-order valence-corrected chi connectivity index (χ3v) is 8.62. The summed E-state index contributed by atoms with van der Waals surface area (Å²) in [5.41, 5.74) is 7.77. The number of pyridine rings is 1. The maximum Gasteiger partial charge on any atom is 0.214 e. The fraction of sp³-hybridized carbons (Fsp3) is 0.310. The van der Waals surface area contributed by atoms with Crippen LogP contribution in [-0.2, 0) is 0 Å². The molecule has 1 aromatic heterocycles. The van der Waals surface area contributed by atoms with Crippen molar-refractivity contribution in [2.75, 3.05) is 5.09 Å². The zero-order chi connectivity index (χ0) is 24.2. The first-order valence-electron chi connectivity index (χ1n) is 12.4. The van der Waals surface area contributed by atoms with Crippen LogP contribution in [0.2, 0.25) is 0 Å². The summed E-state index contributed by atoms with van der Waals surface area (Å²) in [6, 6.07) is 20.8. The van der Waals surface area contributed by atoms with Gasteiger partial charge in [-0.25, -0.2) is 0 Å². The van der Waals surface area contributed by atoms with Crippen LogP contribution in [0.15, 0.2) is 66.9 Å². The summed E-state index contributed by atoms with van der Waals surface area (Å²) in [4.78, 5) is 4.93. The molecule has 3 nitrogen and oxygen atoms in total. The number of allylic oxidation sites excluding steroid dienone is 1. The highest BCUT2D eigenvalue weighted by atomic mass is 127. The summed E-state index contributed by atoms with van der Waals surface area (Å²) >= 11 is 2.23. The predicted molar refractivity (Wildman–Crippen MR) is 155 cm³/mol. The van der Waals surface area contributed by atoms with Crippen molar-refractivity contribution in [1.82, 2.24) is 4.98 Å². The minimum Gasteiger partial charge on any atom is -0.358 e. The minimum absolute atomic E-state index is 0.306. The van der Waals surface area contributed by atoms with Gasteiger partial charge in [-0.05, 0) is 94.1 Å². The van der Waals surface area contributed by atoms with Crippen LogP contribution in [0, 0.1) is 11.3 Å². The molecule has 0 spiro atoms. The van der Waals surface area contributed by atoms with Crippen molar-refractivity contribution in [2.24, 2.45) is 5.92 Å². The molecule has 6 heteroatoms. The summed E-state index contributed by atoms with van der Waals surface area (Å²) in [6.07, 6.45) is 11.0. The van der Waals surface area contributed by atoms with E-state index in [4.69, 9.17) is 10.4 Å². The van der Waals surface area contributed by atoms with E-state index in [9.17, 15) is 4.39 Å². The Morgan fingerprint density at radius 1 is 0.914 bits per heavy atom. The quantitative estimate of drug-likeness (QED) is 0.118. The molecule has 0 radical (unpaired) electrons. The van der Waals surface area contributed by atoms with Crippen LogP contribution in [0.1, 0.15) is 78.8 Å². The Bertz CT molecular complexity index is 1220. The maximum atomic E-state index is 14.4. The van der Waals surface area contributed by atoms with Crippen molar-refractivity contribution in [2.45, 2.75) is 50.9 Å². The van der Waals surface area contributed by atoms with E-state index in [1.807, 2.05) is 24.4 Å². The zero-order valence-electron chi connectivity index (χ0n) is 19.7. The molecule has 0 bridgehead atoms. The van der Waals surface area contributed by atoms with Gasteiger partial charge in [-0.2, -0.15) is 4.39 Å². The lowest BCUT2D eigenvalue weighted by Gasteiger charge is -2.31. The lowest BCUT2D eigenvalue weighted by atomic mass is 9.73. The number of hydrogen-bond acceptors (Lipinski definition) is 3. The van der Waals surface area contributed by atoms with Gasteiger partial charge in [0, 0.05) is 35.4 Å². The lowest BCUT2D eigenvalue weighted by Crippen LogP contribution is -2.15. The molecule has 2 aliphatic rings. The standard InChI is InChI=1S/C29H30FIN3P/c30-29(32)24-17-22(13-16-26(24)34-35-31)28(23-14-15-25(33-18-23)19-7-4-5-8-19)27(21-11-6-12-21)20-9-2-1-3-10-20/h1-3,9-10,13-19,21,32,34-35H,4-8,11-12H2/b28-27+,32-29?. The first-order chi connectivity index (χ1) is 17.2. The number of anilines is 1. The molecular formula is C29H30FIN3P. The van der Waals surface area contributed by atoms with Gasteiger partial charge in [0.2, 0.25) is 5.97 Å². The largest absolute Gasteiger partial charge is 0.358 e. The summed E-state index contributed by atoms with van der Waals surface area (Å²) in [5.74, 6) is 0.113. The van der Waals surface area contributed by atoms with Gasteiger partial charge in [-0.15, -0.1) is 0 Å². The van der Waals surface area contributed by atoms with E-state index >= 15 is 0 Å². The van der Waals surface area contributed by atoms with Crippen LogP contribution < -0.4 is 5.09 Å². The first kappa shape index (κ1) is 24.6. The third-order valence-electron chi connectivity index (χ3n) is 7.44. The Balaban J connectivity index is 1.70. The number of rotatable bonds is 8. The molecule has 2 aromatic carbocycles. The van der Waals surface area contributed by atoms with Crippen molar-refractivity contribution >= 4 is 51.2 Å². The molecule has 2 N–H and O–H groups in total. The first-order valence-corrected chi connectivity index (χ1v) is 16.5. The molecule has 1 heterocycles. The fourth-order valence-electron chi connectivity index (χ4n) is 5.43. The van der Waals surface area contributed by atoms with Crippen LogP contribution in [0.3, 0.4) is 0 Å². The van der Waals surface area contributed by atoms with Gasteiger partial charge in [0.05, 0.1) is 5.56 Å². The monoisotopic (exact) mass is 597 g/mol.